The first kappa shape index (κ1) is 14.1. The summed E-state index contributed by atoms with van der Waals surface area (Å²) in [5.74, 6) is 0. The zero-order valence-corrected chi connectivity index (χ0v) is 11.8. The number of benzene rings is 2. The molecule has 1 aliphatic heterocycles. The van der Waals surface area contributed by atoms with Crippen LogP contribution < -0.4 is 4.90 Å². The molecule has 0 saturated carbocycles. The van der Waals surface area contributed by atoms with E-state index in [9.17, 15) is 14.9 Å². The molecule has 1 amide bonds. The molecule has 0 radical (unpaired) electrons. The van der Waals surface area contributed by atoms with E-state index in [-0.39, 0.29) is 12.3 Å². The van der Waals surface area contributed by atoms with E-state index in [2.05, 4.69) is 0 Å². The van der Waals surface area contributed by atoms with Gasteiger partial charge in [-0.15, -0.1) is 0 Å². The zero-order chi connectivity index (χ0) is 15.5. The average molecular weight is 298 g/mol. The van der Waals surface area contributed by atoms with E-state index in [4.69, 9.17) is 4.74 Å². The van der Waals surface area contributed by atoms with Crippen LogP contribution in [0.25, 0.3) is 0 Å². The third-order valence-corrected chi connectivity index (χ3v) is 3.62. The first-order valence-corrected chi connectivity index (χ1v) is 6.91. The molecule has 0 atom stereocenters. The summed E-state index contributed by atoms with van der Waals surface area (Å²) < 4.78 is 5.29. The first-order valence-electron chi connectivity index (χ1n) is 6.91. The van der Waals surface area contributed by atoms with Crippen molar-refractivity contribution < 1.29 is 14.5 Å². The number of nitro groups is 1. The van der Waals surface area contributed by atoms with Crippen molar-refractivity contribution >= 4 is 17.5 Å². The van der Waals surface area contributed by atoms with Gasteiger partial charge in [-0.2, -0.15) is 0 Å². The zero-order valence-electron chi connectivity index (χ0n) is 11.8. The normalized spacial score (nSPS) is 12.8. The minimum atomic E-state index is -0.483. The molecule has 0 saturated heterocycles. The maximum absolute atomic E-state index is 12.2. The fraction of sp³-hybridized carbons (Fsp3) is 0.188. The van der Waals surface area contributed by atoms with Gasteiger partial charge in [0.2, 0.25) is 0 Å². The molecule has 0 fully saturated rings. The van der Waals surface area contributed by atoms with Crippen LogP contribution in [0.15, 0.2) is 48.5 Å². The van der Waals surface area contributed by atoms with Crippen LogP contribution in [0.5, 0.6) is 0 Å². The molecule has 6 heteroatoms. The van der Waals surface area contributed by atoms with Crippen LogP contribution in [-0.4, -0.2) is 17.6 Å². The summed E-state index contributed by atoms with van der Waals surface area (Å²) in [4.78, 5) is 24.2. The minimum absolute atomic E-state index is 0.0517. The maximum atomic E-state index is 12.2. The lowest BCUT2D eigenvalue weighted by Gasteiger charge is -2.16. The first-order chi connectivity index (χ1) is 10.7. The van der Waals surface area contributed by atoms with Gasteiger partial charge in [-0.1, -0.05) is 36.4 Å². The molecule has 2 aromatic rings. The molecule has 6 nitrogen and oxygen atoms in total. The fourth-order valence-electron chi connectivity index (χ4n) is 2.57. The molecule has 1 aliphatic rings. The van der Waals surface area contributed by atoms with E-state index in [1.165, 1.54) is 11.0 Å². The van der Waals surface area contributed by atoms with Gasteiger partial charge in [0, 0.05) is 12.6 Å². The number of nitro benzene ring substituents is 1. The van der Waals surface area contributed by atoms with E-state index in [0.717, 1.165) is 5.56 Å². The lowest BCUT2D eigenvalue weighted by molar-refractivity contribution is -0.385. The van der Waals surface area contributed by atoms with Gasteiger partial charge in [0.15, 0.2) is 0 Å². The number of fused-ring (bicyclic) bond motifs is 1. The predicted molar refractivity (Wildman–Crippen MR) is 80.8 cm³/mol. The number of carbonyl (C=O) groups is 1. The summed E-state index contributed by atoms with van der Waals surface area (Å²) in [5, 5.41) is 11.0. The van der Waals surface area contributed by atoms with Crippen LogP contribution in [0, 0.1) is 10.1 Å². The Balaban J connectivity index is 1.74. The summed E-state index contributed by atoms with van der Waals surface area (Å²) in [7, 11) is 0. The van der Waals surface area contributed by atoms with Gasteiger partial charge < -0.3 is 4.74 Å². The van der Waals surface area contributed by atoms with E-state index >= 15 is 0 Å². The van der Waals surface area contributed by atoms with Gasteiger partial charge in [-0.05, 0) is 18.1 Å². The molecule has 2 aromatic carbocycles. The highest BCUT2D eigenvalue weighted by Crippen LogP contribution is 2.35. The van der Waals surface area contributed by atoms with Crippen molar-refractivity contribution in [2.24, 2.45) is 0 Å². The Kier molecular flexibility index (Phi) is 3.74. The second kappa shape index (κ2) is 5.85. The van der Waals surface area contributed by atoms with Gasteiger partial charge >= 0.3 is 6.09 Å². The van der Waals surface area contributed by atoms with Crippen LogP contribution in [0.2, 0.25) is 0 Å². The highest BCUT2D eigenvalue weighted by atomic mass is 16.6. The largest absolute Gasteiger partial charge is 0.444 e. The van der Waals surface area contributed by atoms with Gasteiger partial charge in [0.25, 0.3) is 5.69 Å². The lowest BCUT2D eigenvalue weighted by atomic mass is 10.1. The minimum Gasteiger partial charge on any atom is -0.444 e. The Labute approximate surface area is 127 Å². The number of anilines is 1. The second-order valence-electron chi connectivity index (χ2n) is 4.97. The van der Waals surface area contributed by atoms with Crippen LogP contribution in [0.3, 0.4) is 0 Å². The van der Waals surface area contributed by atoms with E-state index in [0.29, 0.717) is 24.2 Å². The predicted octanol–water partition coefficient (Wildman–Crippen LogP) is 3.29. The Bertz CT molecular complexity index is 715. The van der Waals surface area contributed by atoms with Crippen LogP contribution in [0.4, 0.5) is 16.2 Å². The number of ether oxygens (including phenoxy) is 1. The molecule has 112 valence electrons. The van der Waals surface area contributed by atoms with Crippen molar-refractivity contribution in [3.63, 3.8) is 0 Å². The molecule has 0 N–H and O–H groups in total. The SMILES string of the molecule is O=C(OCc1ccccc1)N1CCc2c1cccc2[N+](=O)[O-]. The highest BCUT2D eigenvalue weighted by Gasteiger charge is 2.31. The van der Waals surface area contributed by atoms with Gasteiger partial charge in [0.05, 0.1) is 16.2 Å². The molecule has 0 unspecified atom stereocenters. The Morgan fingerprint density at radius 1 is 1.18 bits per heavy atom. The number of hydrogen-bond acceptors (Lipinski definition) is 4. The number of rotatable bonds is 3. The van der Waals surface area contributed by atoms with Crippen LogP contribution >= 0.6 is 0 Å². The molecule has 0 aliphatic carbocycles. The molecule has 22 heavy (non-hydrogen) atoms. The Hall–Kier alpha value is -2.89. The monoisotopic (exact) mass is 298 g/mol. The van der Waals surface area contributed by atoms with Crippen molar-refractivity contribution in [3.8, 4) is 0 Å². The molecule has 0 spiro atoms. The molecule has 0 aromatic heterocycles. The van der Waals surface area contributed by atoms with Gasteiger partial charge in [-0.3, -0.25) is 15.0 Å². The van der Waals surface area contributed by atoms with Crippen LogP contribution in [0.1, 0.15) is 11.1 Å². The summed E-state index contributed by atoms with van der Waals surface area (Å²) in [6.07, 6.45) is -0.0180. The Morgan fingerprint density at radius 2 is 1.95 bits per heavy atom. The second-order valence-corrected chi connectivity index (χ2v) is 4.97. The molecule has 3 rings (SSSR count). The van der Waals surface area contributed by atoms with Gasteiger partial charge in [-0.25, -0.2) is 4.79 Å². The standard InChI is InChI=1S/C16H14N2O4/c19-16(22-11-12-5-2-1-3-6-12)17-10-9-13-14(17)7-4-8-15(13)18(20)21/h1-8H,9-11H2. The Morgan fingerprint density at radius 3 is 2.68 bits per heavy atom. The molecular formula is C16H14N2O4. The van der Waals surface area contributed by atoms with Crippen molar-refractivity contribution in [2.45, 2.75) is 13.0 Å². The van der Waals surface area contributed by atoms with E-state index in [1.807, 2.05) is 30.3 Å². The third kappa shape index (κ3) is 2.63. The smallest absolute Gasteiger partial charge is 0.414 e. The summed E-state index contributed by atoms with van der Waals surface area (Å²) in [5.41, 5.74) is 2.10. The number of hydrogen-bond donors (Lipinski definition) is 0. The number of amides is 1. The molecule has 0 bridgehead atoms. The number of carbonyl (C=O) groups excluding carboxylic acids is 1. The van der Waals surface area contributed by atoms with E-state index < -0.39 is 11.0 Å². The van der Waals surface area contributed by atoms with Gasteiger partial charge in [0.1, 0.15) is 6.61 Å². The van der Waals surface area contributed by atoms with Crippen molar-refractivity contribution in [1.29, 1.82) is 0 Å². The van der Waals surface area contributed by atoms with Crippen LogP contribution in [-0.2, 0) is 17.8 Å². The van der Waals surface area contributed by atoms with Crippen molar-refractivity contribution in [1.82, 2.24) is 0 Å². The van der Waals surface area contributed by atoms with Crippen molar-refractivity contribution in [3.05, 3.63) is 69.8 Å². The quantitative estimate of drug-likeness (QED) is 0.644. The highest BCUT2D eigenvalue weighted by molar-refractivity contribution is 5.91. The fourth-order valence-corrected chi connectivity index (χ4v) is 2.57. The number of nitrogens with zero attached hydrogens (tertiary/aromatic N) is 2. The van der Waals surface area contributed by atoms with Crippen molar-refractivity contribution in [2.75, 3.05) is 11.4 Å². The third-order valence-electron chi connectivity index (χ3n) is 3.62. The summed E-state index contributed by atoms with van der Waals surface area (Å²) in [6.45, 7) is 0.578. The summed E-state index contributed by atoms with van der Waals surface area (Å²) in [6, 6.07) is 14.1. The molecule has 1 heterocycles. The lowest BCUT2D eigenvalue weighted by Crippen LogP contribution is -2.29. The topological polar surface area (TPSA) is 72.7 Å². The average Bonchev–Trinajstić information content (AvgIpc) is 2.97. The van der Waals surface area contributed by atoms with E-state index in [1.54, 1.807) is 12.1 Å². The summed E-state index contributed by atoms with van der Waals surface area (Å²) >= 11 is 0. The molecular weight excluding hydrogens is 284 g/mol. The maximum Gasteiger partial charge on any atom is 0.414 e.